The molecule has 2 rings (SSSR count). The zero-order chi connectivity index (χ0) is 15.1. The molecule has 6 heteroatoms. The van der Waals surface area contributed by atoms with Crippen LogP contribution in [0.25, 0.3) is 0 Å². The maximum atomic E-state index is 12.7. The number of benzene rings is 2. The van der Waals surface area contributed by atoms with Crippen molar-refractivity contribution in [1.82, 2.24) is 5.32 Å². The van der Waals surface area contributed by atoms with Gasteiger partial charge in [0, 0.05) is 5.69 Å². The van der Waals surface area contributed by atoms with E-state index in [4.69, 9.17) is 10.5 Å². The van der Waals surface area contributed by atoms with Gasteiger partial charge >= 0.3 is 6.03 Å². The molecule has 110 valence electrons. The van der Waals surface area contributed by atoms with E-state index in [9.17, 15) is 9.18 Å². The van der Waals surface area contributed by atoms with E-state index in [2.05, 4.69) is 10.6 Å². The summed E-state index contributed by atoms with van der Waals surface area (Å²) in [4.78, 5) is 11.6. The number of urea groups is 1. The van der Waals surface area contributed by atoms with Crippen molar-refractivity contribution < 1.29 is 13.9 Å². The Morgan fingerprint density at radius 2 is 1.86 bits per heavy atom. The van der Waals surface area contributed by atoms with Crippen molar-refractivity contribution in [3.8, 4) is 5.75 Å². The minimum atomic E-state index is -0.383. The lowest BCUT2D eigenvalue weighted by Gasteiger charge is -2.10. The van der Waals surface area contributed by atoms with Crippen molar-refractivity contribution in [3.05, 3.63) is 54.3 Å². The minimum absolute atomic E-state index is 0.297. The molecule has 0 radical (unpaired) electrons. The number of halogens is 1. The lowest BCUT2D eigenvalue weighted by Crippen LogP contribution is -2.32. The Kier molecular flexibility index (Phi) is 4.98. The van der Waals surface area contributed by atoms with Crippen molar-refractivity contribution >= 4 is 17.4 Å². The second-order valence-electron chi connectivity index (χ2n) is 4.27. The van der Waals surface area contributed by atoms with Crippen LogP contribution in [-0.4, -0.2) is 19.2 Å². The Morgan fingerprint density at radius 3 is 2.57 bits per heavy atom. The van der Waals surface area contributed by atoms with Crippen molar-refractivity contribution in [2.24, 2.45) is 0 Å². The number of ether oxygens (including phenoxy) is 1. The first kappa shape index (κ1) is 14.6. The Balaban J connectivity index is 1.70. The molecule has 0 saturated carbocycles. The summed E-state index contributed by atoms with van der Waals surface area (Å²) in [6, 6.07) is 12.3. The first-order chi connectivity index (χ1) is 10.1. The monoisotopic (exact) mass is 289 g/mol. The van der Waals surface area contributed by atoms with Gasteiger partial charge in [-0.1, -0.05) is 12.1 Å². The first-order valence-electron chi connectivity index (χ1n) is 6.43. The molecule has 0 fully saturated rings. The van der Waals surface area contributed by atoms with E-state index in [-0.39, 0.29) is 11.8 Å². The third-order valence-corrected chi connectivity index (χ3v) is 2.67. The molecule has 0 unspecified atom stereocenters. The van der Waals surface area contributed by atoms with Crippen molar-refractivity contribution in [3.63, 3.8) is 0 Å². The van der Waals surface area contributed by atoms with Gasteiger partial charge in [0.2, 0.25) is 0 Å². The van der Waals surface area contributed by atoms with E-state index in [1.807, 2.05) is 12.1 Å². The lowest BCUT2D eigenvalue weighted by atomic mass is 10.3. The molecule has 0 aliphatic rings. The molecule has 2 amide bonds. The van der Waals surface area contributed by atoms with Crippen molar-refractivity contribution in [2.75, 3.05) is 24.2 Å². The summed E-state index contributed by atoms with van der Waals surface area (Å²) in [5, 5.41) is 5.21. The van der Waals surface area contributed by atoms with Crippen LogP contribution < -0.4 is 21.1 Å². The normalized spacial score (nSPS) is 9.95. The zero-order valence-corrected chi connectivity index (χ0v) is 11.3. The van der Waals surface area contributed by atoms with Gasteiger partial charge in [-0.25, -0.2) is 9.18 Å². The van der Waals surface area contributed by atoms with Gasteiger partial charge < -0.3 is 21.1 Å². The number of anilines is 2. The number of carbonyl (C=O) groups is 1. The van der Waals surface area contributed by atoms with Crippen LogP contribution in [0.5, 0.6) is 5.75 Å². The summed E-state index contributed by atoms with van der Waals surface area (Å²) in [5.74, 6) is 0.230. The molecule has 0 aromatic heterocycles. The Labute approximate surface area is 121 Å². The Hall–Kier alpha value is -2.76. The highest BCUT2D eigenvalue weighted by molar-refractivity contribution is 5.89. The van der Waals surface area contributed by atoms with Gasteiger partial charge in [0.1, 0.15) is 18.2 Å². The van der Waals surface area contributed by atoms with Gasteiger partial charge in [0.05, 0.1) is 12.2 Å². The third kappa shape index (κ3) is 4.68. The molecular weight excluding hydrogens is 273 g/mol. The first-order valence-corrected chi connectivity index (χ1v) is 6.43. The van der Waals surface area contributed by atoms with E-state index < -0.39 is 0 Å². The number of nitrogen functional groups attached to an aromatic ring is 1. The molecule has 0 spiro atoms. The highest BCUT2D eigenvalue weighted by Gasteiger charge is 2.02. The van der Waals surface area contributed by atoms with E-state index >= 15 is 0 Å². The van der Waals surface area contributed by atoms with Crippen LogP contribution in [0, 0.1) is 5.82 Å². The number of nitrogens with two attached hydrogens (primary N) is 1. The number of amides is 2. The Bertz CT molecular complexity index is 602. The highest BCUT2D eigenvalue weighted by atomic mass is 19.1. The minimum Gasteiger partial charge on any atom is -0.490 e. The van der Waals surface area contributed by atoms with Crippen LogP contribution in [0.4, 0.5) is 20.6 Å². The summed E-state index contributed by atoms with van der Waals surface area (Å²) < 4.78 is 18.1. The SMILES string of the molecule is Nc1ccccc1OCCNC(=O)Nc1ccc(F)cc1. The molecular formula is C15H16FN3O2. The van der Waals surface area contributed by atoms with Gasteiger partial charge in [0.15, 0.2) is 0 Å². The molecule has 0 bridgehead atoms. The second kappa shape index (κ2) is 7.14. The van der Waals surface area contributed by atoms with Crippen molar-refractivity contribution in [1.29, 1.82) is 0 Å². The molecule has 4 N–H and O–H groups in total. The largest absolute Gasteiger partial charge is 0.490 e. The van der Waals surface area contributed by atoms with Gasteiger partial charge in [-0.05, 0) is 36.4 Å². The summed E-state index contributed by atoms with van der Waals surface area (Å²) in [6.45, 7) is 0.617. The molecule has 21 heavy (non-hydrogen) atoms. The zero-order valence-electron chi connectivity index (χ0n) is 11.3. The maximum absolute atomic E-state index is 12.7. The lowest BCUT2D eigenvalue weighted by molar-refractivity contribution is 0.247. The molecule has 0 heterocycles. The molecule has 0 saturated heterocycles. The number of para-hydroxylation sites is 2. The van der Waals surface area contributed by atoms with Crippen LogP contribution >= 0.6 is 0 Å². The van der Waals surface area contributed by atoms with Gasteiger partial charge in [-0.2, -0.15) is 0 Å². The number of hydrogen-bond donors (Lipinski definition) is 3. The molecule has 5 nitrogen and oxygen atoms in total. The smallest absolute Gasteiger partial charge is 0.319 e. The van der Waals surface area contributed by atoms with E-state index in [0.29, 0.717) is 30.3 Å². The standard InChI is InChI=1S/C15H16FN3O2/c16-11-5-7-12(8-6-11)19-15(20)18-9-10-21-14-4-2-1-3-13(14)17/h1-8H,9-10,17H2,(H2,18,19,20). The fourth-order valence-corrected chi connectivity index (χ4v) is 1.65. The molecule has 0 aliphatic carbocycles. The van der Waals surface area contributed by atoms with Crippen LogP contribution in [0.15, 0.2) is 48.5 Å². The topological polar surface area (TPSA) is 76.4 Å². The van der Waals surface area contributed by atoms with Crippen LogP contribution in [0.3, 0.4) is 0 Å². The number of nitrogens with one attached hydrogen (secondary N) is 2. The van der Waals surface area contributed by atoms with Crippen LogP contribution in [-0.2, 0) is 0 Å². The average molecular weight is 289 g/mol. The molecule has 2 aromatic carbocycles. The van der Waals surface area contributed by atoms with Gasteiger partial charge in [-0.15, -0.1) is 0 Å². The highest BCUT2D eigenvalue weighted by Crippen LogP contribution is 2.19. The second-order valence-corrected chi connectivity index (χ2v) is 4.27. The molecule has 2 aromatic rings. The summed E-state index contributed by atoms with van der Waals surface area (Å²) in [6.07, 6.45) is 0. The van der Waals surface area contributed by atoms with Crippen LogP contribution in [0.2, 0.25) is 0 Å². The Morgan fingerprint density at radius 1 is 1.14 bits per heavy atom. The predicted octanol–water partition coefficient (Wildman–Crippen LogP) is 2.61. The van der Waals surface area contributed by atoms with Gasteiger partial charge in [-0.3, -0.25) is 0 Å². The molecule has 0 atom stereocenters. The van der Waals surface area contributed by atoms with Crippen molar-refractivity contribution in [2.45, 2.75) is 0 Å². The summed E-state index contributed by atoms with van der Waals surface area (Å²) >= 11 is 0. The summed E-state index contributed by atoms with van der Waals surface area (Å²) in [7, 11) is 0. The third-order valence-electron chi connectivity index (χ3n) is 2.67. The van der Waals surface area contributed by atoms with E-state index in [0.717, 1.165) is 0 Å². The number of hydrogen-bond acceptors (Lipinski definition) is 3. The van der Waals surface area contributed by atoms with E-state index in [1.165, 1.54) is 24.3 Å². The fourth-order valence-electron chi connectivity index (χ4n) is 1.65. The number of carbonyl (C=O) groups excluding carboxylic acids is 1. The average Bonchev–Trinajstić information content (AvgIpc) is 2.48. The fraction of sp³-hybridized carbons (Fsp3) is 0.133. The number of rotatable bonds is 5. The molecule has 0 aliphatic heterocycles. The van der Waals surface area contributed by atoms with Crippen LogP contribution in [0.1, 0.15) is 0 Å². The van der Waals surface area contributed by atoms with Gasteiger partial charge in [0.25, 0.3) is 0 Å². The maximum Gasteiger partial charge on any atom is 0.319 e. The predicted molar refractivity (Wildman–Crippen MR) is 79.8 cm³/mol. The van der Waals surface area contributed by atoms with E-state index in [1.54, 1.807) is 12.1 Å². The summed E-state index contributed by atoms with van der Waals surface area (Å²) in [5.41, 5.74) is 6.79. The quantitative estimate of drug-likeness (QED) is 0.585.